The summed E-state index contributed by atoms with van der Waals surface area (Å²) >= 11 is 5.91. The Morgan fingerprint density at radius 3 is 2.62 bits per heavy atom. The molecule has 1 aliphatic carbocycles. The first-order valence-electron chi connectivity index (χ1n) is 6.60. The van der Waals surface area contributed by atoms with E-state index in [-0.39, 0.29) is 23.0 Å². The van der Waals surface area contributed by atoms with Gasteiger partial charge < -0.3 is 15.7 Å². The van der Waals surface area contributed by atoms with Gasteiger partial charge in [-0.1, -0.05) is 24.4 Å². The predicted molar refractivity (Wildman–Crippen MR) is 78.5 cm³/mol. The molecule has 0 unspecified atom stereocenters. The van der Waals surface area contributed by atoms with E-state index in [1.807, 2.05) is 0 Å². The summed E-state index contributed by atoms with van der Waals surface area (Å²) in [5.74, 6) is 0. The van der Waals surface area contributed by atoms with Gasteiger partial charge in [-0.15, -0.1) is 0 Å². The number of amides is 2. The molecule has 0 bridgehead atoms. The molecule has 1 aromatic carbocycles. The van der Waals surface area contributed by atoms with Crippen molar-refractivity contribution in [3.05, 3.63) is 33.3 Å². The molecule has 0 heterocycles. The number of carbonyl (C=O) groups excluding carboxylic acids is 1. The number of halogens is 1. The number of aliphatic hydroxyl groups excluding tert-OH is 1. The number of benzene rings is 1. The Balaban J connectivity index is 2.04. The van der Waals surface area contributed by atoms with Crippen molar-refractivity contribution in [2.24, 2.45) is 0 Å². The van der Waals surface area contributed by atoms with Gasteiger partial charge in [0, 0.05) is 12.1 Å². The van der Waals surface area contributed by atoms with E-state index in [1.54, 1.807) is 0 Å². The van der Waals surface area contributed by atoms with E-state index in [0.717, 1.165) is 25.7 Å². The Hall–Kier alpha value is -1.86. The van der Waals surface area contributed by atoms with E-state index in [0.29, 0.717) is 0 Å². The summed E-state index contributed by atoms with van der Waals surface area (Å²) in [6, 6.07) is 3.33. The maximum atomic E-state index is 12.0. The predicted octanol–water partition coefficient (Wildman–Crippen LogP) is 2.67. The average Bonchev–Trinajstić information content (AvgIpc) is 2.90. The highest BCUT2D eigenvalue weighted by Gasteiger charge is 2.34. The number of hydrogen-bond donors (Lipinski definition) is 3. The first-order chi connectivity index (χ1) is 9.96. The average molecular weight is 314 g/mol. The van der Waals surface area contributed by atoms with Crippen LogP contribution in [-0.4, -0.2) is 28.2 Å². The molecule has 0 spiro atoms. The third-order valence-electron chi connectivity index (χ3n) is 3.65. The normalized spacial score (nSPS) is 16.5. The van der Waals surface area contributed by atoms with Crippen LogP contribution >= 0.6 is 11.6 Å². The zero-order valence-corrected chi connectivity index (χ0v) is 12.0. The molecule has 7 nitrogen and oxygen atoms in total. The van der Waals surface area contributed by atoms with E-state index in [4.69, 9.17) is 11.6 Å². The number of non-ortho nitro benzene ring substituents is 1. The first-order valence-corrected chi connectivity index (χ1v) is 6.97. The summed E-state index contributed by atoms with van der Waals surface area (Å²) in [6.45, 7) is -0.117. The van der Waals surface area contributed by atoms with Crippen molar-refractivity contribution >= 4 is 29.0 Å². The summed E-state index contributed by atoms with van der Waals surface area (Å²) in [7, 11) is 0. The minimum absolute atomic E-state index is 0.0869. The second-order valence-corrected chi connectivity index (χ2v) is 5.55. The molecule has 8 heteroatoms. The molecular formula is C13H16ClN3O4. The number of aliphatic hydroxyl groups is 1. The first kappa shape index (κ1) is 15.5. The number of hydrogen-bond acceptors (Lipinski definition) is 4. The highest BCUT2D eigenvalue weighted by Crippen LogP contribution is 2.30. The molecule has 1 saturated carbocycles. The number of nitrogens with one attached hydrogen (secondary N) is 2. The molecule has 3 N–H and O–H groups in total. The quantitative estimate of drug-likeness (QED) is 0.587. The lowest BCUT2D eigenvalue weighted by atomic mass is 9.99. The molecule has 114 valence electrons. The van der Waals surface area contributed by atoms with Gasteiger partial charge in [-0.25, -0.2) is 4.79 Å². The van der Waals surface area contributed by atoms with Crippen LogP contribution in [0, 0.1) is 10.1 Å². The standard InChI is InChI=1S/C13H16ClN3O4/c14-10-7-9(17(20)21)3-4-11(10)15-12(19)16-13(8-18)5-1-2-6-13/h3-4,7,18H,1-2,5-6,8H2,(H2,15,16,19). The van der Waals surface area contributed by atoms with Crippen LogP contribution in [0.1, 0.15) is 25.7 Å². The summed E-state index contributed by atoms with van der Waals surface area (Å²) < 4.78 is 0. The van der Waals surface area contributed by atoms with Crippen LogP contribution in [0.15, 0.2) is 18.2 Å². The number of anilines is 1. The number of nitrogens with zero attached hydrogens (tertiary/aromatic N) is 1. The summed E-state index contributed by atoms with van der Waals surface area (Å²) in [6.07, 6.45) is 3.37. The zero-order valence-electron chi connectivity index (χ0n) is 11.3. The fourth-order valence-electron chi connectivity index (χ4n) is 2.49. The third-order valence-corrected chi connectivity index (χ3v) is 3.97. The molecule has 0 aliphatic heterocycles. The second-order valence-electron chi connectivity index (χ2n) is 5.15. The summed E-state index contributed by atoms with van der Waals surface area (Å²) in [5.41, 5.74) is -0.448. The van der Waals surface area contributed by atoms with Gasteiger partial charge in [-0.2, -0.15) is 0 Å². The molecule has 0 radical (unpaired) electrons. The van der Waals surface area contributed by atoms with Crippen molar-refractivity contribution in [1.82, 2.24) is 5.32 Å². The molecule has 0 aromatic heterocycles. The maximum absolute atomic E-state index is 12.0. The summed E-state index contributed by atoms with van der Waals surface area (Å²) in [5, 5.41) is 25.5. The smallest absolute Gasteiger partial charge is 0.319 e. The van der Waals surface area contributed by atoms with Crippen molar-refractivity contribution in [2.75, 3.05) is 11.9 Å². The maximum Gasteiger partial charge on any atom is 0.319 e. The Labute approximate surface area is 126 Å². The van der Waals surface area contributed by atoms with Crippen LogP contribution in [0.3, 0.4) is 0 Å². The van der Waals surface area contributed by atoms with Gasteiger partial charge in [0.05, 0.1) is 27.8 Å². The number of urea groups is 1. The minimum Gasteiger partial charge on any atom is -0.394 e. The Morgan fingerprint density at radius 2 is 2.10 bits per heavy atom. The topological polar surface area (TPSA) is 104 Å². The molecule has 2 amide bonds. The van der Waals surface area contributed by atoms with Crippen molar-refractivity contribution < 1.29 is 14.8 Å². The van der Waals surface area contributed by atoms with Crippen LogP contribution in [-0.2, 0) is 0 Å². The molecule has 1 aliphatic rings. The SMILES string of the molecule is O=C(Nc1ccc([N+](=O)[O-])cc1Cl)NC1(CO)CCCC1. The van der Waals surface area contributed by atoms with Crippen molar-refractivity contribution in [3.63, 3.8) is 0 Å². The zero-order chi connectivity index (χ0) is 15.5. The molecule has 21 heavy (non-hydrogen) atoms. The van der Waals surface area contributed by atoms with Gasteiger partial charge in [0.1, 0.15) is 0 Å². The Morgan fingerprint density at radius 1 is 1.43 bits per heavy atom. The van der Waals surface area contributed by atoms with E-state index < -0.39 is 16.5 Å². The molecule has 1 fully saturated rings. The lowest BCUT2D eigenvalue weighted by Crippen LogP contribution is -2.50. The number of nitro benzene ring substituents is 1. The van der Waals surface area contributed by atoms with Gasteiger partial charge >= 0.3 is 6.03 Å². The van der Waals surface area contributed by atoms with Crippen LogP contribution in [0.25, 0.3) is 0 Å². The molecule has 0 saturated heterocycles. The van der Waals surface area contributed by atoms with E-state index in [9.17, 15) is 20.0 Å². The molecule has 0 atom stereocenters. The Bertz CT molecular complexity index is 558. The monoisotopic (exact) mass is 313 g/mol. The summed E-state index contributed by atoms with van der Waals surface area (Å²) in [4.78, 5) is 22.0. The van der Waals surface area contributed by atoms with Gasteiger partial charge in [0.15, 0.2) is 0 Å². The molecule has 2 rings (SSSR count). The van der Waals surface area contributed by atoms with Gasteiger partial charge in [0.25, 0.3) is 5.69 Å². The molecular weight excluding hydrogens is 298 g/mol. The van der Waals surface area contributed by atoms with Crippen LogP contribution < -0.4 is 10.6 Å². The Kier molecular flexibility index (Phi) is 4.64. The van der Waals surface area contributed by atoms with Crippen LogP contribution in [0.2, 0.25) is 5.02 Å². The van der Waals surface area contributed by atoms with Crippen molar-refractivity contribution in [1.29, 1.82) is 0 Å². The van der Waals surface area contributed by atoms with E-state index >= 15 is 0 Å². The highest BCUT2D eigenvalue weighted by atomic mass is 35.5. The number of rotatable bonds is 4. The third kappa shape index (κ3) is 3.62. The second kappa shape index (κ2) is 6.28. The highest BCUT2D eigenvalue weighted by molar-refractivity contribution is 6.33. The van der Waals surface area contributed by atoms with Gasteiger partial charge in [-0.05, 0) is 18.9 Å². The lowest BCUT2D eigenvalue weighted by Gasteiger charge is -2.28. The van der Waals surface area contributed by atoms with Crippen LogP contribution in [0.5, 0.6) is 0 Å². The minimum atomic E-state index is -0.586. The van der Waals surface area contributed by atoms with E-state index in [1.165, 1.54) is 18.2 Å². The molecule has 1 aromatic rings. The van der Waals surface area contributed by atoms with Crippen molar-refractivity contribution in [3.8, 4) is 0 Å². The number of nitro groups is 1. The van der Waals surface area contributed by atoms with E-state index in [2.05, 4.69) is 10.6 Å². The lowest BCUT2D eigenvalue weighted by molar-refractivity contribution is -0.384. The number of carbonyl (C=O) groups is 1. The van der Waals surface area contributed by atoms with Crippen LogP contribution in [0.4, 0.5) is 16.2 Å². The van der Waals surface area contributed by atoms with Gasteiger partial charge in [-0.3, -0.25) is 10.1 Å². The largest absolute Gasteiger partial charge is 0.394 e. The fraction of sp³-hybridized carbons (Fsp3) is 0.462. The van der Waals surface area contributed by atoms with Crippen molar-refractivity contribution in [2.45, 2.75) is 31.2 Å². The fourth-order valence-corrected chi connectivity index (χ4v) is 2.71. The van der Waals surface area contributed by atoms with Gasteiger partial charge in [0.2, 0.25) is 0 Å².